The van der Waals surface area contributed by atoms with Crippen molar-refractivity contribution in [2.24, 2.45) is 17.8 Å². The normalized spacial score (nSPS) is 29.7. The minimum absolute atomic E-state index is 0.267. The van der Waals surface area contributed by atoms with Crippen molar-refractivity contribution in [2.45, 2.75) is 32.2 Å². The van der Waals surface area contributed by atoms with Crippen molar-refractivity contribution in [1.29, 1.82) is 0 Å². The van der Waals surface area contributed by atoms with Gasteiger partial charge in [-0.1, -0.05) is 12.5 Å². The average Bonchev–Trinajstić information content (AvgIpc) is 2.97. The number of benzene rings is 1. The first-order valence-corrected chi connectivity index (χ1v) is 7.79. The van der Waals surface area contributed by atoms with Gasteiger partial charge >= 0.3 is 5.97 Å². The van der Waals surface area contributed by atoms with E-state index in [4.69, 9.17) is 5.11 Å². The van der Waals surface area contributed by atoms with Crippen LogP contribution < -0.4 is 0 Å². The maximum absolute atomic E-state index is 12.6. The lowest BCUT2D eigenvalue weighted by Gasteiger charge is -2.29. The van der Waals surface area contributed by atoms with Crippen molar-refractivity contribution in [3.63, 3.8) is 0 Å². The molecule has 4 rings (SSSR count). The Kier molecular flexibility index (Phi) is 2.81. The van der Waals surface area contributed by atoms with E-state index in [9.17, 15) is 9.59 Å². The Morgan fingerprint density at radius 3 is 2.62 bits per heavy atom. The van der Waals surface area contributed by atoms with Gasteiger partial charge in [-0.05, 0) is 54.4 Å². The van der Waals surface area contributed by atoms with Crippen LogP contribution in [0.1, 0.15) is 40.7 Å². The van der Waals surface area contributed by atoms with E-state index < -0.39 is 5.97 Å². The zero-order chi connectivity index (χ0) is 14.6. The molecule has 0 bridgehead atoms. The van der Waals surface area contributed by atoms with E-state index in [-0.39, 0.29) is 5.92 Å². The topological polar surface area (TPSA) is 57.6 Å². The van der Waals surface area contributed by atoms with Crippen molar-refractivity contribution in [2.75, 3.05) is 6.54 Å². The van der Waals surface area contributed by atoms with Crippen LogP contribution in [-0.4, -0.2) is 28.4 Å². The SMILES string of the molecule is O=C(O)c1ccc2c(c1)CN(C(=O)C1C3CCCC31)CC2. The molecule has 4 nitrogen and oxygen atoms in total. The van der Waals surface area contributed by atoms with Crippen LogP contribution in [0, 0.1) is 17.8 Å². The molecular formula is C17H19NO3. The van der Waals surface area contributed by atoms with Gasteiger partial charge in [-0.3, -0.25) is 4.79 Å². The summed E-state index contributed by atoms with van der Waals surface area (Å²) in [6.07, 6.45) is 4.55. The second-order valence-corrected chi connectivity index (χ2v) is 6.58. The van der Waals surface area contributed by atoms with Gasteiger partial charge in [0.25, 0.3) is 0 Å². The Hall–Kier alpha value is -1.84. The highest BCUT2D eigenvalue weighted by atomic mass is 16.4. The number of carbonyl (C=O) groups is 2. The fourth-order valence-corrected chi connectivity index (χ4v) is 4.28. The third-order valence-corrected chi connectivity index (χ3v) is 5.47. The van der Waals surface area contributed by atoms with Gasteiger partial charge in [0.15, 0.2) is 0 Å². The van der Waals surface area contributed by atoms with Crippen LogP contribution in [0.25, 0.3) is 0 Å². The van der Waals surface area contributed by atoms with Crippen molar-refractivity contribution in [3.05, 3.63) is 34.9 Å². The summed E-state index contributed by atoms with van der Waals surface area (Å²) in [4.78, 5) is 25.6. The van der Waals surface area contributed by atoms with Crippen LogP contribution in [0.3, 0.4) is 0 Å². The summed E-state index contributed by atoms with van der Waals surface area (Å²) < 4.78 is 0. The van der Waals surface area contributed by atoms with Gasteiger partial charge in [-0.2, -0.15) is 0 Å². The maximum atomic E-state index is 12.6. The second kappa shape index (κ2) is 4.58. The summed E-state index contributed by atoms with van der Waals surface area (Å²) in [6.45, 7) is 1.35. The van der Waals surface area contributed by atoms with Crippen molar-refractivity contribution in [3.8, 4) is 0 Å². The van der Waals surface area contributed by atoms with E-state index in [0.29, 0.717) is 29.9 Å². The van der Waals surface area contributed by atoms with Crippen molar-refractivity contribution >= 4 is 11.9 Å². The van der Waals surface area contributed by atoms with E-state index in [0.717, 1.165) is 18.5 Å². The Labute approximate surface area is 123 Å². The molecule has 2 aliphatic carbocycles. The Morgan fingerprint density at radius 1 is 1.14 bits per heavy atom. The number of hydrogen-bond donors (Lipinski definition) is 1. The molecule has 1 heterocycles. The highest BCUT2D eigenvalue weighted by Crippen LogP contribution is 2.58. The fraction of sp³-hybridized carbons (Fsp3) is 0.529. The Bertz CT molecular complexity index is 614. The van der Waals surface area contributed by atoms with Crippen LogP contribution in [0.2, 0.25) is 0 Å². The monoisotopic (exact) mass is 285 g/mol. The molecule has 0 radical (unpaired) electrons. The summed E-state index contributed by atoms with van der Waals surface area (Å²) in [5.74, 6) is 0.950. The van der Waals surface area contributed by atoms with Gasteiger partial charge in [-0.15, -0.1) is 0 Å². The summed E-state index contributed by atoms with van der Waals surface area (Å²) in [5.41, 5.74) is 2.49. The molecule has 2 unspecified atom stereocenters. The zero-order valence-electron chi connectivity index (χ0n) is 11.9. The molecule has 110 valence electrons. The first-order chi connectivity index (χ1) is 10.1. The number of carbonyl (C=O) groups excluding carboxylic acids is 1. The number of hydrogen-bond acceptors (Lipinski definition) is 2. The Morgan fingerprint density at radius 2 is 1.90 bits per heavy atom. The van der Waals surface area contributed by atoms with Gasteiger partial charge in [0.1, 0.15) is 0 Å². The summed E-state index contributed by atoms with van der Waals surface area (Å²) in [7, 11) is 0. The maximum Gasteiger partial charge on any atom is 0.335 e. The van der Waals surface area contributed by atoms with Gasteiger partial charge < -0.3 is 10.0 Å². The van der Waals surface area contributed by atoms with E-state index in [1.165, 1.54) is 24.8 Å². The lowest BCUT2D eigenvalue weighted by molar-refractivity contribution is -0.134. The predicted molar refractivity (Wildman–Crippen MR) is 76.8 cm³/mol. The third-order valence-electron chi connectivity index (χ3n) is 5.47. The molecule has 0 saturated heterocycles. The van der Waals surface area contributed by atoms with Gasteiger partial charge in [-0.25, -0.2) is 4.79 Å². The summed E-state index contributed by atoms with van der Waals surface area (Å²) in [6, 6.07) is 5.28. The van der Waals surface area contributed by atoms with Gasteiger partial charge in [0.05, 0.1) is 5.56 Å². The van der Waals surface area contributed by atoms with Gasteiger partial charge in [0, 0.05) is 19.0 Å². The van der Waals surface area contributed by atoms with Crippen LogP contribution in [0.4, 0.5) is 0 Å². The number of carboxylic acids is 1. The van der Waals surface area contributed by atoms with Crippen LogP contribution in [0.15, 0.2) is 18.2 Å². The molecule has 1 aliphatic heterocycles. The molecule has 0 aromatic heterocycles. The highest BCUT2D eigenvalue weighted by Gasteiger charge is 2.57. The molecule has 3 aliphatic rings. The predicted octanol–water partition coefficient (Wildman–Crippen LogP) is 2.32. The van der Waals surface area contributed by atoms with E-state index in [2.05, 4.69) is 0 Å². The minimum Gasteiger partial charge on any atom is -0.478 e. The molecule has 0 spiro atoms. The molecule has 1 aromatic carbocycles. The Balaban J connectivity index is 1.52. The van der Waals surface area contributed by atoms with Crippen molar-refractivity contribution < 1.29 is 14.7 Å². The van der Waals surface area contributed by atoms with Crippen molar-refractivity contribution in [1.82, 2.24) is 4.90 Å². The number of fused-ring (bicyclic) bond motifs is 2. The van der Waals surface area contributed by atoms with Crippen LogP contribution in [0.5, 0.6) is 0 Å². The molecule has 1 amide bonds. The summed E-state index contributed by atoms with van der Waals surface area (Å²) >= 11 is 0. The smallest absolute Gasteiger partial charge is 0.335 e. The lowest BCUT2D eigenvalue weighted by Crippen LogP contribution is -2.37. The minimum atomic E-state index is -0.905. The molecular weight excluding hydrogens is 266 g/mol. The molecule has 21 heavy (non-hydrogen) atoms. The number of aromatic carboxylic acids is 1. The first kappa shape index (κ1) is 12.9. The molecule has 2 fully saturated rings. The quantitative estimate of drug-likeness (QED) is 0.907. The molecule has 1 aromatic rings. The lowest BCUT2D eigenvalue weighted by atomic mass is 9.96. The standard InChI is InChI=1S/C17H19NO3/c19-16(15-13-2-1-3-14(13)15)18-7-6-10-4-5-11(17(20)21)8-12(10)9-18/h4-5,8,13-15H,1-3,6-7,9H2,(H,20,21). The highest BCUT2D eigenvalue weighted by molar-refractivity contribution is 5.88. The van der Waals surface area contributed by atoms with E-state index in [1.54, 1.807) is 12.1 Å². The average molecular weight is 285 g/mol. The number of nitrogens with zero attached hydrogens (tertiary/aromatic N) is 1. The molecule has 4 heteroatoms. The number of amides is 1. The number of carboxylic acid groups (broad SMARTS) is 1. The third kappa shape index (κ3) is 2.04. The molecule has 2 atom stereocenters. The molecule has 1 N–H and O–H groups in total. The van der Waals surface area contributed by atoms with E-state index in [1.807, 2.05) is 11.0 Å². The first-order valence-electron chi connectivity index (χ1n) is 7.79. The van der Waals surface area contributed by atoms with Gasteiger partial charge in [0.2, 0.25) is 5.91 Å². The zero-order valence-corrected chi connectivity index (χ0v) is 11.9. The number of rotatable bonds is 2. The van der Waals surface area contributed by atoms with Crippen LogP contribution >= 0.6 is 0 Å². The summed E-state index contributed by atoms with van der Waals surface area (Å²) in [5, 5.41) is 9.09. The molecule has 2 saturated carbocycles. The largest absolute Gasteiger partial charge is 0.478 e. The van der Waals surface area contributed by atoms with Crippen LogP contribution in [-0.2, 0) is 17.8 Å². The second-order valence-electron chi connectivity index (χ2n) is 6.58. The fourth-order valence-electron chi connectivity index (χ4n) is 4.28. The van der Waals surface area contributed by atoms with E-state index >= 15 is 0 Å².